The van der Waals surface area contributed by atoms with Gasteiger partial charge < -0.3 is 0 Å². The van der Waals surface area contributed by atoms with Gasteiger partial charge in [-0.1, -0.05) is 114 Å². The van der Waals surface area contributed by atoms with Crippen molar-refractivity contribution in [2.75, 3.05) is 0 Å². The molecule has 0 aliphatic heterocycles. The van der Waals surface area contributed by atoms with E-state index in [9.17, 15) is 0 Å². The monoisotopic (exact) mass is 746 g/mol. The summed E-state index contributed by atoms with van der Waals surface area (Å²) in [7, 11) is 23.0. The van der Waals surface area contributed by atoms with Gasteiger partial charge in [0.05, 0.1) is 11.0 Å². The zero-order valence-corrected chi connectivity index (χ0v) is 36.6. The maximum absolute atomic E-state index is 4.91. The molecule has 9 rings (SSSR count). The van der Waals surface area contributed by atoms with Crippen LogP contribution < -0.4 is 54.6 Å². The standard InChI is InChI=1S/C47H44B10N2/c1-2-33-58-31-9-5-6-10-32(31)59(33)26-18-15-23(16-19-26)22-11-13-24(14-12-22)34-27-7-3-4-8-28(27)36(37-40(50)44(54)47(57)45(55)41(37)51)30-21-25(17-20-29(30)34)35-38(48)42(52)46(56)43(53)39(35)49/h3-21H,2,48-57H2,1H3. The second-order valence-electron chi connectivity index (χ2n) is 16.9. The molecule has 1 heterocycles. The molecule has 0 N–H and O–H groups in total. The lowest BCUT2D eigenvalue weighted by atomic mass is 9.59. The predicted molar refractivity (Wildman–Crippen MR) is 289 cm³/mol. The van der Waals surface area contributed by atoms with Crippen LogP contribution >= 0.6 is 0 Å². The van der Waals surface area contributed by atoms with E-state index in [1.807, 2.05) is 0 Å². The van der Waals surface area contributed by atoms with Gasteiger partial charge in [0.15, 0.2) is 0 Å². The van der Waals surface area contributed by atoms with Crippen LogP contribution in [0.15, 0.2) is 115 Å². The first kappa shape index (κ1) is 38.9. The number of nitrogens with zero attached hydrogens (tertiary/aromatic N) is 2. The Bertz CT molecular complexity index is 3130. The summed E-state index contributed by atoms with van der Waals surface area (Å²) in [4.78, 5) is 4.91. The molecule has 0 aliphatic rings. The topological polar surface area (TPSA) is 17.8 Å². The number of imidazole rings is 1. The predicted octanol–water partition coefficient (Wildman–Crippen LogP) is -4.85. The molecule has 0 bridgehead atoms. The molecule has 0 unspecified atom stereocenters. The van der Waals surface area contributed by atoms with Crippen molar-refractivity contribution in [1.29, 1.82) is 0 Å². The van der Waals surface area contributed by atoms with Crippen LogP contribution in [0.5, 0.6) is 0 Å². The van der Waals surface area contributed by atoms with Gasteiger partial charge in [-0.3, -0.25) is 4.57 Å². The summed E-state index contributed by atoms with van der Waals surface area (Å²) < 4.78 is 2.29. The third-order valence-electron chi connectivity index (χ3n) is 14.1. The van der Waals surface area contributed by atoms with Gasteiger partial charge in [0.1, 0.15) is 84.3 Å². The Hall–Kier alpha value is -5.60. The first-order valence-corrected chi connectivity index (χ1v) is 21.2. The van der Waals surface area contributed by atoms with Gasteiger partial charge >= 0.3 is 0 Å². The number of aromatic nitrogens is 2. The van der Waals surface area contributed by atoms with Gasteiger partial charge in [0.25, 0.3) is 0 Å². The van der Waals surface area contributed by atoms with E-state index in [-0.39, 0.29) is 0 Å². The van der Waals surface area contributed by atoms with Gasteiger partial charge in [-0.25, -0.2) is 4.98 Å². The van der Waals surface area contributed by atoms with Crippen molar-refractivity contribution in [3.63, 3.8) is 0 Å². The van der Waals surface area contributed by atoms with E-state index in [4.69, 9.17) is 4.98 Å². The van der Waals surface area contributed by atoms with E-state index in [1.165, 1.54) is 121 Å². The fourth-order valence-corrected chi connectivity index (χ4v) is 9.96. The lowest BCUT2D eigenvalue weighted by Crippen LogP contribution is -2.55. The molecule has 8 aromatic carbocycles. The van der Waals surface area contributed by atoms with Crippen LogP contribution in [-0.2, 0) is 6.42 Å². The molecule has 0 atom stereocenters. The molecule has 0 spiro atoms. The van der Waals surface area contributed by atoms with Crippen LogP contribution in [0, 0.1) is 0 Å². The molecule has 0 radical (unpaired) electrons. The highest BCUT2D eigenvalue weighted by atomic mass is 15.1. The molecule has 0 saturated heterocycles. The minimum absolute atomic E-state index is 0.873. The summed E-state index contributed by atoms with van der Waals surface area (Å²) in [6.45, 7) is 2.17. The maximum atomic E-state index is 4.91. The lowest BCUT2D eigenvalue weighted by Gasteiger charge is -2.25. The highest BCUT2D eigenvalue weighted by molar-refractivity contribution is 6.70. The van der Waals surface area contributed by atoms with Crippen molar-refractivity contribution in [1.82, 2.24) is 9.55 Å². The third-order valence-corrected chi connectivity index (χ3v) is 14.1. The molecule has 272 valence electrons. The summed E-state index contributed by atoms with van der Waals surface area (Å²) in [6, 6.07) is 43.0. The van der Waals surface area contributed by atoms with Crippen LogP contribution in [0.3, 0.4) is 0 Å². The zero-order valence-electron chi connectivity index (χ0n) is 36.6. The molecule has 0 saturated carbocycles. The number of benzene rings is 8. The third kappa shape index (κ3) is 6.13. The van der Waals surface area contributed by atoms with Gasteiger partial charge in [-0.05, 0) is 96.4 Å². The van der Waals surface area contributed by atoms with Gasteiger partial charge in [-0.15, -0.1) is 32.8 Å². The Morgan fingerprint density at radius 2 is 0.831 bits per heavy atom. The lowest BCUT2D eigenvalue weighted by molar-refractivity contribution is 0.908. The molecule has 9 aromatic rings. The Morgan fingerprint density at radius 3 is 1.41 bits per heavy atom. The zero-order chi connectivity index (χ0) is 41.4. The van der Waals surface area contributed by atoms with Crippen LogP contribution in [0.1, 0.15) is 12.7 Å². The number of rotatable bonds is 6. The van der Waals surface area contributed by atoms with Gasteiger partial charge in [0, 0.05) is 12.1 Å². The molecule has 0 fully saturated rings. The molecule has 59 heavy (non-hydrogen) atoms. The Balaban J connectivity index is 1.25. The van der Waals surface area contributed by atoms with Crippen molar-refractivity contribution in [2.45, 2.75) is 13.3 Å². The normalized spacial score (nSPS) is 11.5. The number of hydrogen-bond acceptors (Lipinski definition) is 1. The van der Waals surface area contributed by atoms with Crippen LogP contribution in [0.4, 0.5) is 0 Å². The van der Waals surface area contributed by atoms with Crippen LogP contribution in [0.2, 0.25) is 0 Å². The molecule has 12 heteroatoms. The van der Waals surface area contributed by atoms with Gasteiger partial charge in [0.2, 0.25) is 0 Å². The first-order chi connectivity index (χ1) is 28.4. The van der Waals surface area contributed by atoms with Crippen molar-refractivity contribution < 1.29 is 0 Å². The first-order valence-electron chi connectivity index (χ1n) is 21.2. The van der Waals surface area contributed by atoms with E-state index in [2.05, 4.69) is 205 Å². The molecule has 1 aromatic heterocycles. The van der Waals surface area contributed by atoms with E-state index in [0.29, 0.717) is 0 Å². The highest BCUT2D eigenvalue weighted by Crippen LogP contribution is 2.44. The van der Waals surface area contributed by atoms with E-state index < -0.39 is 0 Å². The van der Waals surface area contributed by atoms with E-state index in [0.717, 1.165) is 29.0 Å². The second kappa shape index (κ2) is 14.9. The fraction of sp³-hybridized carbons (Fsp3) is 0.0426. The Labute approximate surface area is 358 Å². The molecular weight excluding hydrogens is 701 g/mol. The summed E-state index contributed by atoms with van der Waals surface area (Å²) in [5.41, 5.74) is 27.4. The van der Waals surface area contributed by atoms with Crippen LogP contribution in [-0.4, -0.2) is 88.0 Å². The minimum atomic E-state index is 0.873. The largest absolute Gasteiger partial charge is 0.296 e. The summed E-state index contributed by atoms with van der Waals surface area (Å²) >= 11 is 0. The number of aryl methyl sites for hydroxylation is 1. The molecule has 0 amide bonds. The Morgan fingerprint density at radius 1 is 0.390 bits per heavy atom. The SMILES string of the molecule is Bc1c(B)c(B)c(-c2ccc3c(-c4ccc(-c5ccc(-n6c(CC)nc7ccccc76)cc5)cc4)c4ccccc4c(-c4c(B)c(B)c(B)c(B)c4B)c3c2)c(B)c1B. The molecule has 0 aliphatic carbocycles. The van der Waals surface area contributed by atoms with Crippen molar-refractivity contribution in [3.05, 3.63) is 121 Å². The summed E-state index contributed by atoms with van der Waals surface area (Å²) in [5, 5.41) is 5.16. The summed E-state index contributed by atoms with van der Waals surface area (Å²) in [5.74, 6) is 1.08. The smallest absolute Gasteiger partial charge is 0.139 e. The fourth-order valence-electron chi connectivity index (χ4n) is 9.96. The highest BCUT2D eigenvalue weighted by Gasteiger charge is 2.23. The quantitative estimate of drug-likeness (QED) is 0.124. The Kier molecular flexibility index (Phi) is 9.82. The summed E-state index contributed by atoms with van der Waals surface area (Å²) in [6.07, 6.45) is 0.873. The maximum Gasteiger partial charge on any atom is 0.139 e. The minimum Gasteiger partial charge on any atom is -0.296 e. The number of hydrogen-bond donors (Lipinski definition) is 0. The second-order valence-corrected chi connectivity index (χ2v) is 16.9. The van der Waals surface area contributed by atoms with Crippen molar-refractivity contribution in [3.8, 4) is 50.2 Å². The van der Waals surface area contributed by atoms with E-state index >= 15 is 0 Å². The number of fused-ring (bicyclic) bond motifs is 3. The van der Waals surface area contributed by atoms with Crippen LogP contribution in [0.25, 0.3) is 82.8 Å². The van der Waals surface area contributed by atoms with Gasteiger partial charge in [-0.2, -0.15) is 0 Å². The average Bonchev–Trinajstić information content (AvgIpc) is 3.65. The van der Waals surface area contributed by atoms with Crippen molar-refractivity contribution >= 4 is 166 Å². The molecule has 2 nitrogen and oxygen atoms in total. The number of para-hydroxylation sites is 2. The average molecular weight is 745 g/mol. The van der Waals surface area contributed by atoms with E-state index in [1.54, 1.807) is 0 Å². The molecular formula is C47H44B10N2. The van der Waals surface area contributed by atoms with Crippen molar-refractivity contribution in [2.24, 2.45) is 0 Å².